The number of aryl methyl sites for hydroxylation is 2. The van der Waals surface area contributed by atoms with E-state index in [-0.39, 0.29) is 29.0 Å². The Morgan fingerprint density at radius 1 is 1.43 bits per heavy atom. The molecule has 6 nitrogen and oxygen atoms in total. The molecule has 0 aromatic carbocycles. The molecule has 3 heterocycles. The molecule has 0 radical (unpaired) electrons. The summed E-state index contributed by atoms with van der Waals surface area (Å²) < 4.78 is 28.5. The number of hydrogen-bond donors (Lipinski definition) is 0. The molecule has 23 heavy (non-hydrogen) atoms. The van der Waals surface area contributed by atoms with Crippen LogP contribution in [0.5, 0.6) is 0 Å². The summed E-state index contributed by atoms with van der Waals surface area (Å²) in [4.78, 5) is 14.3. The first-order valence-corrected chi connectivity index (χ1v) is 10.7. The minimum atomic E-state index is -2.99. The molecular weight excluding hydrogens is 356 g/mol. The predicted molar refractivity (Wildman–Crippen MR) is 89.2 cm³/mol. The quantitative estimate of drug-likeness (QED) is 0.588. The zero-order valence-electron chi connectivity index (χ0n) is 12.7. The molecule has 1 fully saturated rings. The second-order valence-corrected chi connectivity index (χ2v) is 10.2. The molecule has 0 N–H and O–H groups in total. The molecule has 0 amide bonds. The Bertz CT molecular complexity index is 838. The highest BCUT2D eigenvalue weighted by Gasteiger charge is 2.32. The Balaban J connectivity index is 1.61. The van der Waals surface area contributed by atoms with E-state index in [1.54, 1.807) is 11.3 Å². The lowest BCUT2D eigenvalue weighted by Gasteiger charge is -1.99. The molecule has 2 aromatic rings. The maximum Gasteiger partial charge on any atom is 0.277 e. The zero-order chi connectivity index (χ0) is 16.6. The number of thioether (sulfide) groups is 1. The van der Waals surface area contributed by atoms with Gasteiger partial charge in [0.1, 0.15) is 0 Å². The van der Waals surface area contributed by atoms with Gasteiger partial charge in [-0.3, -0.25) is 4.79 Å². The molecule has 0 aliphatic carbocycles. The van der Waals surface area contributed by atoms with Crippen molar-refractivity contribution in [1.29, 1.82) is 0 Å². The van der Waals surface area contributed by atoms with Crippen LogP contribution in [0.3, 0.4) is 0 Å². The SMILES string of the molecule is Cc1cc(C(=O)CSc2nnc(C3CCS(=O)(=O)C3)o2)c(C)s1. The summed E-state index contributed by atoms with van der Waals surface area (Å²) in [5.41, 5.74) is 0.738. The Kier molecular flexibility index (Phi) is 4.61. The number of ketones is 1. The molecule has 1 saturated heterocycles. The number of rotatable bonds is 5. The van der Waals surface area contributed by atoms with Crippen molar-refractivity contribution in [2.75, 3.05) is 17.3 Å². The molecule has 1 aliphatic heterocycles. The highest BCUT2D eigenvalue weighted by molar-refractivity contribution is 7.99. The fraction of sp³-hybridized carbons (Fsp3) is 0.500. The number of carbonyl (C=O) groups excluding carboxylic acids is 1. The van der Waals surface area contributed by atoms with Crippen molar-refractivity contribution >= 4 is 38.7 Å². The minimum absolute atomic E-state index is 0.0278. The van der Waals surface area contributed by atoms with Crippen LogP contribution in [0.15, 0.2) is 15.7 Å². The fourth-order valence-electron chi connectivity index (χ4n) is 2.55. The third-order valence-corrected chi connectivity index (χ3v) is 7.22. The zero-order valence-corrected chi connectivity index (χ0v) is 15.2. The molecule has 3 rings (SSSR count). The van der Waals surface area contributed by atoms with E-state index in [2.05, 4.69) is 10.2 Å². The molecule has 9 heteroatoms. The number of carbonyl (C=O) groups is 1. The number of aromatic nitrogens is 2. The van der Waals surface area contributed by atoms with Gasteiger partial charge in [0.25, 0.3) is 5.22 Å². The Morgan fingerprint density at radius 3 is 2.83 bits per heavy atom. The molecule has 0 saturated carbocycles. The third-order valence-electron chi connectivity index (χ3n) is 3.67. The molecular formula is C14H16N2O4S3. The van der Waals surface area contributed by atoms with Gasteiger partial charge in [-0.15, -0.1) is 21.5 Å². The average Bonchev–Trinajstić information content (AvgIpc) is 3.15. The van der Waals surface area contributed by atoms with Crippen LogP contribution in [0.2, 0.25) is 0 Å². The molecule has 1 unspecified atom stereocenters. The van der Waals surface area contributed by atoms with Crippen LogP contribution >= 0.6 is 23.1 Å². The number of thiophene rings is 1. The predicted octanol–water partition coefficient (Wildman–Crippen LogP) is 2.63. The van der Waals surface area contributed by atoms with E-state index in [1.807, 2.05) is 19.9 Å². The van der Waals surface area contributed by atoms with Crippen LogP contribution < -0.4 is 0 Å². The van der Waals surface area contributed by atoms with Gasteiger partial charge in [-0.2, -0.15) is 0 Å². The lowest BCUT2D eigenvalue weighted by molar-refractivity contribution is 0.102. The van der Waals surface area contributed by atoms with Crippen LogP contribution in [0.4, 0.5) is 0 Å². The highest BCUT2D eigenvalue weighted by Crippen LogP contribution is 2.30. The summed E-state index contributed by atoms with van der Waals surface area (Å²) in [6.07, 6.45) is 0.515. The van der Waals surface area contributed by atoms with Crippen molar-refractivity contribution in [1.82, 2.24) is 10.2 Å². The topological polar surface area (TPSA) is 90.1 Å². The van der Waals surface area contributed by atoms with E-state index in [4.69, 9.17) is 4.42 Å². The lowest BCUT2D eigenvalue weighted by atomic mass is 10.1. The van der Waals surface area contributed by atoms with Gasteiger partial charge in [0.05, 0.1) is 23.2 Å². The maximum absolute atomic E-state index is 12.2. The van der Waals surface area contributed by atoms with Gasteiger partial charge in [0.15, 0.2) is 15.6 Å². The monoisotopic (exact) mass is 372 g/mol. The second kappa shape index (κ2) is 6.37. The van der Waals surface area contributed by atoms with Crippen molar-refractivity contribution < 1.29 is 17.6 Å². The van der Waals surface area contributed by atoms with Crippen LogP contribution in [-0.2, 0) is 9.84 Å². The van der Waals surface area contributed by atoms with E-state index in [0.29, 0.717) is 17.5 Å². The first-order chi connectivity index (χ1) is 10.8. The molecule has 124 valence electrons. The van der Waals surface area contributed by atoms with Crippen LogP contribution in [0.25, 0.3) is 0 Å². The summed E-state index contributed by atoms with van der Waals surface area (Å²) in [5.74, 6) is 0.605. The molecule has 1 atom stereocenters. The molecule has 0 spiro atoms. The van der Waals surface area contributed by atoms with Crippen LogP contribution in [0, 0.1) is 13.8 Å². The first kappa shape index (κ1) is 16.7. The first-order valence-electron chi connectivity index (χ1n) is 7.11. The third kappa shape index (κ3) is 3.84. The molecule has 0 bridgehead atoms. The van der Waals surface area contributed by atoms with Gasteiger partial charge in [-0.25, -0.2) is 8.42 Å². The number of nitrogens with zero attached hydrogens (tertiary/aromatic N) is 2. The second-order valence-electron chi connectivity index (χ2n) is 5.54. The van der Waals surface area contributed by atoms with E-state index in [1.165, 1.54) is 11.8 Å². The van der Waals surface area contributed by atoms with E-state index in [9.17, 15) is 13.2 Å². The van der Waals surface area contributed by atoms with Gasteiger partial charge in [-0.05, 0) is 26.3 Å². The van der Waals surface area contributed by atoms with Crippen LogP contribution in [0.1, 0.15) is 38.3 Å². The van der Waals surface area contributed by atoms with Gasteiger partial charge < -0.3 is 4.42 Å². The highest BCUT2D eigenvalue weighted by atomic mass is 32.2. The number of hydrogen-bond acceptors (Lipinski definition) is 8. The maximum atomic E-state index is 12.2. The number of sulfone groups is 1. The smallest absolute Gasteiger partial charge is 0.277 e. The van der Waals surface area contributed by atoms with Crippen molar-refractivity contribution in [3.05, 3.63) is 27.3 Å². The largest absolute Gasteiger partial charge is 0.416 e. The van der Waals surface area contributed by atoms with Gasteiger partial charge >= 0.3 is 0 Å². The van der Waals surface area contributed by atoms with Crippen LogP contribution in [-0.4, -0.2) is 41.7 Å². The Hall–Kier alpha value is -1.19. The van der Waals surface area contributed by atoms with E-state index in [0.717, 1.165) is 15.3 Å². The summed E-state index contributed by atoms with van der Waals surface area (Å²) in [5, 5.41) is 8.14. The molecule has 1 aliphatic rings. The summed E-state index contributed by atoms with van der Waals surface area (Å²) >= 11 is 2.79. The van der Waals surface area contributed by atoms with Crippen molar-refractivity contribution in [2.45, 2.75) is 31.4 Å². The minimum Gasteiger partial charge on any atom is -0.416 e. The van der Waals surface area contributed by atoms with Crippen molar-refractivity contribution in [3.8, 4) is 0 Å². The molecule has 2 aromatic heterocycles. The Morgan fingerprint density at radius 2 is 2.22 bits per heavy atom. The average molecular weight is 372 g/mol. The van der Waals surface area contributed by atoms with Crippen molar-refractivity contribution in [2.24, 2.45) is 0 Å². The Labute approximate surface area is 142 Å². The summed E-state index contributed by atoms with van der Waals surface area (Å²) in [6, 6.07) is 1.89. The van der Waals surface area contributed by atoms with E-state index >= 15 is 0 Å². The summed E-state index contributed by atoms with van der Waals surface area (Å²) in [7, 11) is -2.99. The van der Waals surface area contributed by atoms with Gasteiger partial charge in [-0.1, -0.05) is 11.8 Å². The fourth-order valence-corrected chi connectivity index (χ4v) is 5.87. The van der Waals surface area contributed by atoms with Gasteiger partial charge in [0.2, 0.25) is 5.89 Å². The summed E-state index contributed by atoms with van der Waals surface area (Å²) in [6.45, 7) is 3.91. The lowest BCUT2D eigenvalue weighted by Crippen LogP contribution is -2.03. The number of Topliss-reactive ketones (excluding diaryl/α,β-unsaturated/α-hetero) is 1. The van der Waals surface area contributed by atoms with E-state index < -0.39 is 9.84 Å². The normalized spacial score (nSPS) is 20.0. The van der Waals surface area contributed by atoms with Crippen molar-refractivity contribution in [3.63, 3.8) is 0 Å². The van der Waals surface area contributed by atoms with Gasteiger partial charge in [0, 0.05) is 15.3 Å². The standard InChI is InChI=1S/C14H16N2O4S3/c1-8-5-11(9(2)22-8)12(17)6-21-14-16-15-13(20-14)10-3-4-23(18,19)7-10/h5,10H,3-4,6-7H2,1-2H3.